The van der Waals surface area contributed by atoms with Crippen LogP contribution in [0.4, 0.5) is 4.39 Å². The molecule has 0 aliphatic carbocycles. The van der Waals surface area contributed by atoms with Crippen molar-refractivity contribution < 1.29 is 18.0 Å². The van der Waals surface area contributed by atoms with Gasteiger partial charge < -0.3 is 9.05 Å². The van der Waals surface area contributed by atoms with Crippen molar-refractivity contribution in [2.45, 2.75) is 19.2 Å². The van der Waals surface area contributed by atoms with Gasteiger partial charge in [-0.1, -0.05) is 11.6 Å². The zero-order chi connectivity index (χ0) is 8.91. The van der Waals surface area contributed by atoms with Crippen LogP contribution in [0.5, 0.6) is 0 Å². The smallest absolute Gasteiger partial charge is 0.306 e. The second-order valence-corrected chi connectivity index (χ2v) is 4.39. The highest BCUT2D eigenvalue weighted by Gasteiger charge is 2.33. The molecule has 0 spiro atoms. The fraction of sp³-hybridized carbons (Fsp3) is 1.00. The van der Waals surface area contributed by atoms with Crippen LogP contribution in [0.2, 0.25) is 0 Å². The molecule has 0 saturated carbocycles. The van der Waals surface area contributed by atoms with E-state index in [1.807, 2.05) is 0 Å². The predicted molar refractivity (Wildman–Crippen MR) is 41.6 cm³/mol. The molecule has 0 aromatic carbocycles. The highest BCUT2D eigenvalue weighted by Crippen LogP contribution is 2.55. The molecule has 1 unspecified atom stereocenters. The Labute approximate surface area is 70.4 Å². The second-order valence-electron chi connectivity index (χ2n) is 1.65. The summed E-state index contributed by atoms with van der Waals surface area (Å²) in [6.07, 6.45) is 0. The highest BCUT2D eigenvalue weighted by molar-refractivity contribution is 7.56. The van der Waals surface area contributed by atoms with Crippen molar-refractivity contribution in [3.05, 3.63) is 0 Å². The van der Waals surface area contributed by atoms with Crippen molar-refractivity contribution in [1.82, 2.24) is 0 Å². The largest absolute Gasteiger partial charge is 0.379 e. The summed E-state index contributed by atoms with van der Waals surface area (Å²) in [5.41, 5.74) is 0. The predicted octanol–water partition coefficient (Wildman–Crippen LogP) is 2.74. The molecular weight excluding hydrogens is 193 g/mol. The molecule has 0 heterocycles. The van der Waals surface area contributed by atoms with Crippen molar-refractivity contribution in [2.75, 3.05) is 13.2 Å². The number of hydrogen-bond acceptors (Lipinski definition) is 3. The lowest BCUT2D eigenvalue weighted by molar-refractivity contribution is 0.204. The van der Waals surface area contributed by atoms with Crippen LogP contribution in [0.15, 0.2) is 0 Å². The lowest BCUT2D eigenvalue weighted by atomic mass is 10.9. The van der Waals surface area contributed by atoms with Gasteiger partial charge in [0, 0.05) is 0 Å². The molecular formula is C5H11ClFO3P. The summed E-state index contributed by atoms with van der Waals surface area (Å²) >= 11 is 4.96. The molecule has 1 atom stereocenters. The Morgan fingerprint density at radius 2 is 1.82 bits per heavy atom. The Morgan fingerprint density at radius 1 is 1.45 bits per heavy atom. The maximum atomic E-state index is 12.4. The van der Waals surface area contributed by atoms with Crippen molar-refractivity contribution >= 4 is 19.2 Å². The molecule has 0 N–H and O–H groups in total. The fourth-order valence-electron chi connectivity index (χ4n) is 0.510. The molecule has 0 aliphatic heterocycles. The zero-order valence-corrected chi connectivity index (χ0v) is 8.07. The summed E-state index contributed by atoms with van der Waals surface area (Å²) in [4.78, 5) is 0. The number of rotatable bonds is 5. The molecule has 0 radical (unpaired) electrons. The number of halogens is 2. The maximum absolute atomic E-state index is 12.4. The van der Waals surface area contributed by atoms with Crippen LogP contribution in [-0.4, -0.2) is 18.6 Å². The van der Waals surface area contributed by atoms with E-state index in [0.29, 0.717) is 0 Å². The van der Waals surface area contributed by atoms with Gasteiger partial charge >= 0.3 is 7.60 Å². The van der Waals surface area contributed by atoms with Gasteiger partial charge in [-0.2, -0.15) is 0 Å². The van der Waals surface area contributed by atoms with Crippen LogP contribution in [0, 0.1) is 0 Å². The lowest BCUT2D eigenvalue weighted by Crippen LogP contribution is -2.02. The van der Waals surface area contributed by atoms with E-state index in [-0.39, 0.29) is 13.2 Å². The van der Waals surface area contributed by atoms with E-state index in [2.05, 4.69) is 9.05 Å². The van der Waals surface area contributed by atoms with E-state index in [0.717, 1.165) is 0 Å². The fourth-order valence-corrected chi connectivity index (χ4v) is 1.87. The van der Waals surface area contributed by atoms with E-state index in [4.69, 9.17) is 11.6 Å². The zero-order valence-electron chi connectivity index (χ0n) is 6.42. The summed E-state index contributed by atoms with van der Waals surface area (Å²) in [5.74, 6) is 0. The minimum Gasteiger partial charge on any atom is -0.306 e. The topological polar surface area (TPSA) is 35.5 Å². The molecule has 0 saturated heterocycles. The Bertz CT molecular complexity index is 143. The third-order valence-electron chi connectivity index (χ3n) is 0.857. The van der Waals surface area contributed by atoms with E-state index in [9.17, 15) is 8.96 Å². The Hall–Kier alpha value is 0.370. The summed E-state index contributed by atoms with van der Waals surface area (Å²) in [7, 11) is -3.69. The van der Waals surface area contributed by atoms with E-state index >= 15 is 0 Å². The molecule has 68 valence electrons. The van der Waals surface area contributed by atoms with Gasteiger partial charge in [-0.05, 0) is 13.8 Å². The molecule has 3 nitrogen and oxygen atoms in total. The SMILES string of the molecule is CCOP(=O)(OCC)C(F)Cl. The van der Waals surface area contributed by atoms with E-state index < -0.39 is 13.0 Å². The number of hydrogen-bond donors (Lipinski definition) is 0. The van der Waals surface area contributed by atoms with Gasteiger partial charge in [-0.25, -0.2) is 4.39 Å². The van der Waals surface area contributed by atoms with Crippen molar-refractivity contribution in [3.63, 3.8) is 0 Å². The van der Waals surface area contributed by atoms with Gasteiger partial charge in [-0.3, -0.25) is 4.57 Å². The van der Waals surface area contributed by atoms with Gasteiger partial charge in [0.2, 0.25) is 0 Å². The van der Waals surface area contributed by atoms with Crippen LogP contribution >= 0.6 is 19.2 Å². The first-order chi connectivity index (χ1) is 5.06. The number of alkyl halides is 2. The monoisotopic (exact) mass is 204 g/mol. The first-order valence-corrected chi connectivity index (χ1v) is 5.28. The van der Waals surface area contributed by atoms with Gasteiger partial charge in [0.05, 0.1) is 13.2 Å². The summed E-state index contributed by atoms with van der Waals surface area (Å²) in [6.45, 7) is 3.41. The van der Waals surface area contributed by atoms with Gasteiger partial charge in [0.15, 0.2) is 0 Å². The minimum atomic E-state index is -3.69. The first kappa shape index (κ1) is 11.4. The molecule has 0 bridgehead atoms. The first-order valence-electron chi connectivity index (χ1n) is 3.23. The third kappa shape index (κ3) is 3.52. The Kier molecular flexibility index (Phi) is 5.26. The molecule has 0 aliphatic rings. The molecule has 0 fully saturated rings. The van der Waals surface area contributed by atoms with Crippen molar-refractivity contribution in [1.29, 1.82) is 0 Å². The van der Waals surface area contributed by atoms with E-state index in [1.165, 1.54) is 0 Å². The molecule has 11 heavy (non-hydrogen) atoms. The van der Waals surface area contributed by atoms with Crippen molar-refractivity contribution in [3.8, 4) is 0 Å². The van der Waals surface area contributed by atoms with Crippen LogP contribution in [0.1, 0.15) is 13.8 Å². The summed E-state index contributed by atoms with van der Waals surface area (Å²) in [5, 5.41) is -2.08. The molecule has 0 rings (SSSR count). The second kappa shape index (κ2) is 5.09. The normalized spacial score (nSPS) is 14.9. The average molecular weight is 205 g/mol. The molecule has 6 heteroatoms. The van der Waals surface area contributed by atoms with Gasteiger partial charge in [0.1, 0.15) is 0 Å². The summed E-state index contributed by atoms with van der Waals surface area (Å²) < 4.78 is 32.7. The third-order valence-corrected chi connectivity index (χ3v) is 3.29. The summed E-state index contributed by atoms with van der Waals surface area (Å²) in [6, 6.07) is 0. The minimum absolute atomic E-state index is 0.115. The van der Waals surface area contributed by atoms with Crippen LogP contribution in [0.3, 0.4) is 0 Å². The lowest BCUT2D eigenvalue weighted by Gasteiger charge is -2.15. The van der Waals surface area contributed by atoms with Crippen LogP contribution < -0.4 is 0 Å². The average Bonchev–Trinajstić information content (AvgIpc) is 1.88. The Balaban J connectivity index is 4.14. The Morgan fingerprint density at radius 3 is 2.00 bits per heavy atom. The van der Waals surface area contributed by atoms with Gasteiger partial charge in [0.25, 0.3) is 5.37 Å². The molecule has 0 aromatic rings. The quantitative estimate of drug-likeness (QED) is 0.510. The van der Waals surface area contributed by atoms with Crippen LogP contribution in [0.25, 0.3) is 0 Å². The van der Waals surface area contributed by atoms with Crippen molar-refractivity contribution in [2.24, 2.45) is 0 Å². The molecule has 0 aromatic heterocycles. The standard InChI is InChI=1S/C5H11ClFO3P/c1-3-9-11(8,5(6)7)10-4-2/h5H,3-4H2,1-2H3. The molecule has 0 amide bonds. The maximum Gasteiger partial charge on any atom is 0.379 e. The van der Waals surface area contributed by atoms with E-state index in [1.54, 1.807) is 13.8 Å². The highest BCUT2D eigenvalue weighted by atomic mass is 35.5. The van der Waals surface area contributed by atoms with Crippen LogP contribution in [-0.2, 0) is 13.6 Å². The van der Waals surface area contributed by atoms with Gasteiger partial charge in [-0.15, -0.1) is 0 Å².